The highest BCUT2D eigenvalue weighted by Gasteiger charge is 2.32. The number of hydrogen-bond donors (Lipinski definition) is 2. The molecular weight excluding hydrogens is 162 g/mol. The topological polar surface area (TPSA) is 40.7 Å². The van der Waals surface area contributed by atoms with E-state index in [1.54, 1.807) is 0 Å². The van der Waals surface area contributed by atoms with Gasteiger partial charge in [0.1, 0.15) is 0 Å². The zero-order valence-electron chi connectivity index (χ0n) is 7.71. The first-order valence-corrected chi connectivity index (χ1v) is 5.20. The number of imidazole rings is 1. The van der Waals surface area contributed by atoms with Crippen molar-refractivity contribution in [1.29, 1.82) is 0 Å². The standard InChI is InChI=1S/C10H15N3/c1-2-7(3-1)9-10-8(4-5-11-9)12-6-13-10/h6-7,9,11H,1-5H2,(H,12,13). The molecule has 0 radical (unpaired) electrons. The highest BCUT2D eigenvalue weighted by molar-refractivity contribution is 5.20. The summed E-state index contributed by atoms with van der Waals surface area (Å²) in [6, 6.07) is 0.545. The summed E-state index contributed by atoms with van der Waals surface area (Å²) < 4.78 is 0. The first-order chi connectivity index (χ1) is 6.45. The summed E-state index contributed by atoms with van der Waals surface area (Å²) >= 11 is 0. The number of fused-ring (bicyclic) bond motifs is 1. The van der Waals surface area contributed by atoms with Gasteiger partial charge in [-0.2, -0.15) is 0 Å². The minimum atomic E-state index is 0.545. The number of H-pyrrole nitrogens is 1. The summed E-state index contributed by atoms with van der Waals surface area (Å²) in [5.74, 6) is 0.849. The lowest BCUT2D eigenvalue weighted by atomic mass is 9.77. The van der Waals surface area contributed by atoms with Crippen LogP contribution >= 0.6 is 0 Å². The lowest BCUT2D eigenvalue weighted by molar-refractivity contribution is 0.221. The maximum absolute atomic E-state index is 4.42. The van der Waals surface area contributed by atoms with E-state index < -0.39 is 0 Å². The molecule has 13 heavy (non-hydrogen) atoms. The summed E-state index contributed by atoms with van der Waals surface area (Å²) in [5, 5.41) is 3.58. The van der Waals surface area contributed by atoms with Crippen molar-refractivity contribution in [2.45, 2.75) is 31.7 Å². The molecule has 2 N–H and O–H groups in total. The monoisotopic (exact) mass is 177 g/mol. The van der Waals surface area contributed by atoms with Gasteiger partial charge < -0.3 is 10.3 Å². The Balaban J connectivity index is 1.90. The molecule has 1 aromatic heterocycles. The van der Waals surface area contributed by atoms with E-state index >= 15 is 0 Å². The van der Waals surface area contributed by atoms with Crippen molar-refractivity contribution in [2.75, 3.05) is 6.54 Å². The molecule has 70 valence electrons. The number of nitrogens with one attached hydrogen (secondary N) is 2. The first kappa shape index (κ1) is 7.56. The Bertz CT molecular complexity index is 301. The van der Waals surface area contributed by atoms with Crippen LogP contribution < -0.4 is 5.32 Å². The Labute approximate surface area is 78.0 Å². The molecule has 0 amide bonds. The smallest absolute Gasteiger partial charge is 0.0925 e. The van der Waals surface area contributed by atoms with Gasteiger partial charge in [-0.05, 0) is 18.8 Å². The van der Waals surface area contributed by atoms with E-state index in [1.807, 2.05) is 6.33 Å². The lowest BCUT2D eigenvalue weighted by Gasteiger charge is -2.36. The Kier molecular flexibility index (Phi) is 1.65. The maximum Gasteiger partial charge on any atom is 0.0925 e. The molecule has 3 rings (SSSR count). The van der Waals surface area contributed by atoms with Crippen molar-refractivity contribution in [1.82, 2.24) is 15.3 Å². The van der Waals surface area contributed by atoms with Crippen LogP contribution in [0.2, 0.25) is 0 Å². The Hall–Kier alpha value is -0.830. The second-order valence-electron chi connectivity index (χ2n) is 4.14. The van der Waals surface area contributed by atoms with Crippen molar-refractivity contribution >= 4 is 0 Å². The van der Waals surface area contributed by atoms with Gasteiger partial charge >= 0.3 is 0 Å². The third-order valence-corrected chi connectivity index (χ3v) is 3.41. The number of rotatable bonds is 1. The second-order valence-corrected chi connectivity index (χ2v) is 4.14. The Morgan fingerprint density at radius 3 is 3.08 bits per heavy atom. The molecule has 2 heterocycles. The first-order valence-electron chi connectivity index (χ1n) is 5.20. The van der Waals surface area contributed by atoms with Gasteiger partial charge in [-0.3, -0.25) is 0 Å². The highest BCUT2D eigenvalue weighted by atomic mass is 15.0. The van der Waals surface area contributed by atoms with Gasteiger partial charge in [0.25, 0.3) is 0 Å². The fourth-order valence-corrected chi connectivity index (χ4v) is 2.41. The largest absolute Gasteiger partial charge is 0.348 e. The van der Waals surface area contributed by atoms with Crippen LogP contribution in [0.3, 0.4) is 0 Å². The number of hydrogen-bond acceptors (Lipinski definition) is 2. The van der Waals surface area contributed by atoms with Crippen LogP contribution in [0.4, 0.5) is 0 Å². The van der Waals surface area contributed by atoms with Crippen LogP contribution in [-0.2, 0) is 6.42 Å². The van der Waals surface area contributed by atoms with Gasteiger partial charge in [0.15, 0.2) is 0 Å². The van der Waals surface area contributed by atoms with Crippen LogP contribution in [0.15, 0.2) is 6.33 Å². The van der Waals surface area contributed by atoms with Crippen molar-refractivity contribution in [3.05, 3.63) is 17.7 Å². The molecule has 0 spiro atoms. The molecule has 0 bridgehead atoms. The molecule has 3 heteroatoms. The molecule has 1 aromatic rings. The molecule has 1 unspecified atom stereocenters. The molecule has 1 saturated carbocycles. The second kappa shape index (κ2) is 2.84. The summed E-state index contributed by atoms with van der Waals surface area (Å²) in [4.78, 5) is 7.66. The fourth-order valence-electron chi connectivity index (χ4n) is 2.41. The SMILES string of the molecule is c1nc2c([nH]1)CCNC2C1CCC1. The molecule has 0 saturated heterocycles. The van der Waals surface area contributed by atoms with Gasteiger partial charge in [-0.1, -0.05) is 6.42 Å². The van der Waals surface area contributed by atoms with E-state index in [9.17, 15) is 0 Å². The van der Waals surface area contributed by atoms with Gasteiger partial charge in [0.05, 0.1) is 18.1 Å². The van der Waals surface area contributed by atoms with E-state index in [0.29, 0.717) is 6.04 Å². The minimum absolute atomic E-state index is 0.545. The molecule has 0 aromatic carbocycles. The normalized spacial score (nSPS) is 28.2. The number of aromatic nitrogens is 2. The Morgan fingerprint density at radius 1 is 1.38 bits per heavy atom. The van der Waals surface area contributed by atoms with Crippen LogP contribution in [0.5, 0.6) is 0 Å². The fraction of sp³-hybridized carbons (Fsp3) is 0.700. The molecule has 1 atom stereocenters. The summed E-state index contributed by atoms with van der Waals surface area (Å²) in [5.41, 5.74) is 2.65. The summed E-state index contributed by atoms with van der Waals surface area (Å²) in [7, 11) is 0. The highest BCUT2D eigenvalue weighted by Crippen LogP contribution is 2.38. The summed E-state index contributed by atoms with van der Waals surface area (Å²) in [6.07, 6.45) is 7.11. The van der Waals surface area contributed by atoms with Gasteiger partial charge in [0.2, 0.25) is 0 Å². The molecule has 1 fully saturated rings. The van der Waals surface area contributed by atoms with Gasteiger partial charge in [0, 0.05) is 18.7 Å². The van der Waals surface area contributed by atoms with Crippen LogP contribution in [-0.4, -0.2) is 16.5 Å². The molecule has 1 aliphatic heterocycles. The van der Waals surface area contributed by atoms with Crippen molar-refractivity contribution < 1.29 is 0 Å². The predicted octanol–water partition coefficient (Wildman–Crippen LogP) is 1.40. The molecular formula is C10H15N3. The van der Waals surface area contributed by atoms with E-state index in [0.717, 1.165) is 18.9 Å². The average molecular weight is 177 g/mol. The van der Waals surface area contributed by atoms with Crippen molar-refractivity contribution in [3.8, 4) is 0 Å². The minimum Gasteiger partial charge on any atom is -0.348 e. The van der Waals surface area contributed by atoms with Crippen molar-refractivity contribution in [3.63, 3.8) is 0 Å². The lowest BCUT2D eigenvalue weighted by Crippen LogP contribution is -2.37. The van der Waals surface area contributed by atoms with Gasteiger partial charge in [-0.25, -0.2) is 4.98 Å². The van der Waals surface area contributed by atoms with Gasteiger partial charge in [-0.15, -0.1) is 0 Å². The maximum atomic E-state index is 4.42. The van der Waals surface area contributed by atoms with Crippen LogP contribution in [0.25, 0.3) is 0 Å². The van der Waals surface area contributed by atoms with E-state index in [2.05, 4.69) is 15.3 Å². The Morgan fingerprint density at radius 2 is 2.31 bits per heavy atom. The molecule has 2 aliphatic rings. The number of nitrogens with zero attached hydrogens (tertiary/aromatic N) is 1. The number of aromatic amines is 1. The summed E-state index contributed by atoms with van der Waals surface area (Å²) in [6.45, 7) is 1.11. The molecule has 3 nitrogen and oxygen atoms in total. The van der Waals surface area contributed by atoms with E-state index in [-0.39, 0.29) is 0 Å². The van der Waals surface area contributed by atoms with E-state index in [1.165, 1.54) is 30.7 Å². The van der Waals surface area contributed by atoms with Crippen molar-refractivity contribution in [2.24, 2.45) is 5.92 Å². The van der Waals surface area contributed by atoms with Crippen LogP contribution in [0, 0.1) is 5.92 Å². The zero-order valence-corrected chi connectivity index (χ0v) is 7.71. The quantitative estimate of drug-likeness (QED) is 0.680. The van der Waals surface area contributed by atoms with E-state index in [4.69, 9.17) is 0 Å². The average Bonchev–Trinajstić information content (AvgIpc) is 2.49. The molecule has 1 aliphatic carbocycles. The third-order valence-electron chi connectivity index (χ3n) is 3.41. The van der Waals surface area contributed by atoms with Crippen LogP contribution in [0.1, 0.15) is 36.7 Å². The third kappa shape index (κ3) is 1.10. The zero-order chi connectivity index (χ0) is 8.67. The predicted molar refractivity (Wildman–Crippen MR) is 50.4 cm³/mol.